The summed E-state index contributed by atoms with van der Waals surface area (Å²) >= 11 is 1.77. The quantitative estimate of drug-likeness (QED) is 0.561. The third-order valence-corrected chi connectivity index (χ3v) is 4.08. The molecule has 0 saturated heterocycles. The third-order valence-electron chi connectivity index (χ3n) is 3.33. The molecule has 0 aliphatic carbocycles. The maximum absolute atomic E-state index is 9.23. The Bertz CT molecular complexity index is 324. The first kappa shape index (κ1) is 15.5. The molecular weight excluding hydrogens is 242 g/mol. The predicted molar refractivity (Wildman–Crippen MR) is 80.2 cm³/mol. The maximum Gasteiger partial charge on any atom is 0.0473 e. The molecule has 1 rings (SSSR count). The molecule has 2 N–H and O–H groups in total. The second-order valence-corrected chi connectivity index (χ2v) is 5.87. The van der Waals surface area contributed by atoms with Gasteiger partial charge in [0, 0.05) is 18.0 Å². The summed E-state index contributed by atoms with van der Waals surface area (Å²) in [5, 5.41) is 12.7. The highest BCUT2D eigenvalue weighted by Gasteiger charge is 2.10. The van der Waals surface area contributed by atoms with Gasteiger partial charge in [0.15, 0.2) is 0 Å². The molecule has 0 heterocycles. The summed E-state index contributed by atoms with van der Waals surface area (Å²) in [5.74, 6) is 0.896. The van der Waals surface area contributed by atoms with E-state index in [4.69, 9.17) is 0 Å². The lowest BCUT2D eigenvalue weighted by atomic mass is 9.97. The Balaban J connectivity index is 2.24. The summed E-state index contributed by atoms with van der Waals surface area (Å²) in [4.78, 5) is 1.31. The summed E-state index contributed by atoms with van der Waals surface area (Å²) in [6.45, 7) is 6.46. The minimum absolute atomic E-state index is 0.271. The van der Waals surface area contributed by atoms with Gasteiger partial charge >= 0.3 is 0 Å². The molecule has 1 atom stereocenters. The number of aliphatic hydroxyl groups is 1. The molecular formula is C15H25NOS. The molecule has 0 radical (unpaired) electrons. The van der Waals surface area contributed by atoms with E-state index in [1.807, 2.05) is 0 Å². The van der Waals surface area contributed by atoms with Gasteiger partial charge in [-0.25, -0.2) is 0 Å². The number of rotatable bonds is 8. The number of nitrogens with one attached hydrogen (secondary N) is 1. The van der Waals surface area contributed by atoms with Crippen LogP contribution in [0.25, 0.3) is 0 Å². The van der Waals surface area contributed by atoms with E-state index >= 15 is 0 Å². The Labute approximate surface area is 115 Å². The van der Waals surface area contributed by atoms with Gasteiger partial charge in [-0.15, -0.1) is 11.8 Å². The molecule has 1 aromatic carbocycles. The van der Waals surface area contributed by atoms with Crippen molar-refractivity contribution in [1.29, 1.82) is 0 Å². The fourth-order valence-corrected chi connectivity index (χ4v) is 2.23. The smallest absolute Gasteiger partial charge is 0.0473 e. The lowest BCUT2D eigenvalue weighted by molar-refractivity contribution is 0.186. The van der Waals surface area contributed by atoms with E-state index in [2.05, 4.69) is 49.7 Å². The van der Waals surface area contributed by atoms with Crippen LogP contribution in [0, 0.1) is 11.8 Å². The van der Waals surface area contributed by atoms with Crippen molar-refractivity contribution in [2.45, 2.75) is 25.2 Å². The molecule has 1 aromatic rings. The second-order valence-electron chi connectivity index (χ2n) is 4.99. The summed E-state index contributed by atoms with van der Waals surface area (Å²) in [6.07, 6.45) is 3.14. The molecule has 18 heavy (non-hydrogen) atoms. The highest BCUT2D eigenvalue weighted by atomic mass is 32.2. The molecule has 0 bridgehead atoms. The summed E-state index contributed by atoms with van der Waals surface area (Å²) in [6, 6.07) is 8.73. The first-order valence-corrected chi connectivity index (χ1v) is 7.84. The minimum atomic E-state index is 0.271. The first-order chi connectivity index (χ1) is 8.67. The van der Waals surface area contributed by atoms with Crippen molar-refractivity contribution in [2.24, 2.45) is 11.8 Å². The highest BCUT2D eigenvalue weighted by Crippen LogP contribution is 2.15. The van der Waals surface area contributed by atoms with Crippen LogP contribution in [-0.4, -0.2) is 31.1 Å². The molecule has 1 unspecified atom stereocenters. The average Bonchev–Trinajstić information content (AvgIpc) is 2.39. The van der Waals surface area contributed by atoms with Crippen molar-refractivity contribution in [3.8, 4) is 0 Å². The van der Waals surface area contributed by atoms with Gasteiger partial charge in [-0.05, 0) is 48.8 Å². The summed E-state index contributed by atoms with van der Waals surface area (Å²) in [5.41, 5.74) is 1.37. The lowest BCUT2D eigenvalue weighted by Crippen LogP contribution is -2.30. The highest BCUT2D eigenvalue weighted by molar-refractivity contribution is 7.98. The van der Waals surface area contributed by atoms with Gasteiger partial charge in [-0.3, -0.25) is 0 Å². The lowest BCUT2D eigenvalue weighted by Gasteiger charge is -2.18. The zero-order valence-corrected chi connectivity index (χ0v) is 12.5. The van der Waals surface area contributed by atoms with E-state index in [1.165, 1.54) is 10.5 Å². The van der Waals surface area contributed by atoms with E-state index < -0.39 is 0 Å². The summed E-state index contributed by atoms with van der Waals surface area (Å²) < 4.78 is 0. The van der Waals surface area contributed by atoms with Crippen molar-refractivity contribution >= 4 is 11.8 Å². The van der Waals surface area contributed by atoms with Crippen LogP contribution in [0.2, 0.25) is 0 Å². The Morgan fingerprint density at radius 1 is 1.22 bits per heavy atom. The van der Waals surface area contributed by atoms with Crippen molar-refractivity contribution < 1.29 is 5.11 Å². The molecule has 3 heteroatoms. The molecule has 0 saturated carbocycles. The number of hydrogen-bond donors (Lipinski definition) is 2. The van der Waals surface area contributed by atoms with Crippen molar-refractivity contribution in [2.75, 3.05) is 26.0 Å². The number of benzene rings is 1. The topological polar surface area (TPSA) is 32.3 Å². The van der Waals surface area contributed by atoms with Gasteiger partial charge in [-0.2, -0.15) is 0 Å². The van der Waals surface area contributed by atoms with Crippen LogP contribution in [0.3, 0.4) is 0 Å². The van der Waals surface area contributed by atoms with Crippen molar-refractivity contribution in [3.05, 3.63) is 29.8 Å². The zero-order chi connectivity index (χ0) is 13.4. The zero-order valence-electron chi connectivity index (χ0n) is 11.6. The summed E-state index contributed by atoms with van der Waals surface area (Å²) in [7, 11) is 0. The largest absolute Gasteiger partial charge is 0.396 e. The SMILES string of the molecule is CSc1ccc(CCNCC(CO)C(C)C)cc1. The Hall–Kier alpha value is -0.510. The Kier molecular flexibility index (Phi) is 7.40. The van der Waals surface area contributed by atoms with Crippen LogP contribution in [0.15, 0.2) is 29.2 Å². The molecule has 0 spiro atoms. The van der Waals surface area contributed by atoms with Crippen LogP contribution >= 0.6 is 11.8 Å². The van der Waals surface area contributed by atoms with E-state index in [0.29, 0.717) is 11.8 Å². The van der Waals surface area contributed by atoms with Crippen LogP contribution < -0.4 is 5.32 Å². The monoisotopic (exact) mass is 267 g/mol. The van der Waals surface area contributed by atoms with Crippen LogP contribution in [-0.2, 0) is 6.42 Å². The average molecular weight is 267 g/mol. The molecule has 2 nitrogen and oxygen atoms in total. The Morgan fingerprint density at radius 3 is 2.39 bits per heavy atom. The molecule has 0 aliphatic heterocycles. The van der Waals surface area contributed by atoms with Gasteiger partial charge in [0.05, 0.1) is 0 Å². The normalized spacial score (nSPS) is 12.9. The fourth-order valence-electron chi connectivity index (χ4n) is 1.82. The minimum Gasteiger partial charge on any atom is -0.396 e. The van der Waals surface area contributed by atoms with Gasteiger partial charge in [0.25, 0.3) is 0 Å². The van der Waals surface area contributed by atoms with E-state index in [0.717, 1.165) is 19.5 Å². The van der Waals surface area contributed by atoms with E-state index in [9.17, 15) is 5.11 Å². The number of hydrogen-bond acceptors (Lipinski definition) is 3. The molecule has 0 aliphatic rings. The van der Waals surface area contributed by atoms with Crippen LogP contribution in [0.4, 0.5) is 0 Å². The van der Waals surface area contributed by atoms with Gasteiger partial charge < -0.3 is 10.4 Å². The van der Waals surface area contributed by atoms with E-state index in [1.54, 1.807) is 11.8 Å². The predicted octanol–water partition coefficient (Wildman–Crippen LogP) is 2.81. The number of thioether (sulfide) groups is 1. The molecule has 0 fully saturated rings. The van der Waals surface area contributed by atoms with Gasteiger partial charge in [-0.1, -0.05) is 26.0 Å². The van der Waals surface area contributed by atoms with Gasteiger partial charge in [0.1, 0.15) is 0 Å². The maximum atomic E-state index is 9.23. The third kappa shape index (κ3) is 5.42. The molecule has 0 amide bonds. The molecule has 0 aromatic heterocycles. The molecule has 102 valence electrons. The fraction of sp³-hybridized carbons (Fsp3) is 0.600. The Morgan fingerprint density at radius 2 is 1.89 bits per heavy atom. The first-order valence-electron chi connectivity index (χ1n) is 6.62. The van der Waals surface area contributed by atoms with E-state index in [-0.39, 0.29) is 6.61 Å². The van der Waals surface area contributed by atoms with Crippen LogP contribution in [0.1, 0.15) is 19.4 Å². The number of aliphatic hydroxyl groups excluding tert-OH is 1. The second kappa shape index (κ2) is 8.57. The standard InChI is InChI=1S/C15H25NOS/c1-12(2)14(11-17)10-16-9-8-13-4-6-15(18-3)7-5-13/h4-7,12,14,16-17H,8-11H2,1-3H3. The van der Waals surface area contributed by atoms with Crippen molar-refractivity contribution in [3.63, 3.8) is 0 Å². The van der Waals surface area contributed by atoms with Gasteiger partial charge in [0.2, 0.25) is 0 Å². The van der Waals surface area contributed by atoms with Crippen LogP contribution in [0.5, 0.6) is 0 Å². The van der Waals surface area contributed by atoms with Crippen molar-refractivity contribution in [1.82, 2.24) is 5.32 Å².